The summed E-state index contributed by atoms with van der Waals surface area (Å²) in [5, 5.41) is 2.93. The minimum Gasteiger partial charge on any atom is -0.489 e. The van der Waals surface area contributed by atoms with Gasteiger partial charge in [-0.2, -0.15) is 0 Å². The van der Waals surface area contributed by atoms with Crippen LogP contribution in [0.3, 0.4) is 0 Å². The lowest BCUT2D eigenvalue weighted by Gasteiger charge is -2.39. The number of rotatable bonds is 6. The molecule has 1 saturated carbocycles. The van der Waals surface area contributed by atoms with E-state index in [1.54, 1.807) is 6.20 Å². The van der Waals surface area contributed by atoms with Crippen molar-refractivity contribution in [3.05, 3.63) is 24.0 Å². The van der Waals surface area contributed by atoms with Gasteiger partial charge >= 0.3 is 0 Å². The fourth-order valence-electron chi connectivity index (χ4n) is 2.48. The fraction of sp³-hybridized carbons (Fsp3) is 0.667. The maximum Gasteiger partial charge on any atom is 0.138 e. The van der Waals surface area contributed by atoms with Gasteiger partial charge in [0, 0.05) is 18.9 Å². The highest BCUT2D eigenvalue weighted by Crippen LogP contribution is 2.30. The molecule has 26 heavy (non-hydrogen) atoms. The maximum atomic E-state index is 5.92. The number of hydrogen-bond acceptors (Lipinski definition) is 5. The standard InChI is InChI=1S/C21H32N2O3/c1-20(2,3)14-24-15-22-10-9-16-7-8-17(13-23-16)25-18-11-19(12-18)26-21(4,5)6/h7-8,13,18-19,22H,11-12,14-15H2,1-6H3. The van der Waals surface area contributed by atoms with Gasteiger partial charge in [-0.25, -0.2) is 4.98 Å². The van der Waals surface area contributed by atoms with E-state index in [2.05, 4.69) is 63.8 Å². The molecule has 0 unspecified atom stereocenters. The first-order chi connectivity index (χ1) is 12.1. The van der Waals surface area contributed by atoms with Crippen molar-refractivity contribution in [3.8, 4) is 17.7 Å². The van der Waals surface area contributed by atoms with Crippen molar-refractivity contribution in [2.24, 2.45) is 5.41 Å². The van der Waals surface area contributed by atoms with E-state index in [1.165, 1.54) is 0 Å². The number of hydrogen-bond donors (Lipinski definition) is 1. The average Bonchev–Trinajstić information content (AvgIpc) is 2.48. The van der Waals surface area contributed by atoms with Crippen LogP contribution in [0.5, 0.6) is 5.75 Å². The molecule has 1 fully saturated rings. The van der Waals surface area contributed by atoms with E-state index in [1.807, 2.05) is 12.1 Å². The van der Waals surface area contributed by atoms with Crippen molar-refractivity contribution in [2.75, 3.05) is 13.3 Å². The lowest BCUT2D eigenvalue weighted by molar-refractivity contribution is -0.126. The van der Waals surface area contributed by atoms with Crippen molar-refractivity contribution in [2.45, 2.75) is 72.2 Å². The van der Waals surface area contributed by atoms with Crippen LogP contribution in [-0.4, -0.2) is 36.1 Å². The topological polar surface area (TPSA) is 52.6 Å². The second kappa shape index (κ2) is 8.75. The highest BCUT2D eigenvalue weighted by molar-refractivity contribution is 5.30. The summed E-state index contributed by atoms with van der Waals surface area (Å²) in [6.45, 7) is 13.7. The molecule has 1 aromatic rings. The van der Waals surface area contributed by atoms with E-state index in [0.29, 0.717) is 25.1 Å². The summed E-state index contributed by atoms with van der Waals surface area (Å²) in [7, 11) is 0. The first kappa shape index (κ1) is 20.5. The Morgan fingerprint density at radius 1 is 1.12 bits per heavy atom. The number of ether oxygens (including phenoxy) is 3. The lowest BCUT2D eigenvalue weighted by Crippen LogP contribution is -2.43. The van der Waals surface area contributed by atoms with Gasteiger partial charge in [0.2, 0.25) is 0 Å². The molecule has 0 spiro atoms. The smallest absolute Gasteiger partial charge is 0.138 e. The molecule has 0 aliphatic heterocycles. The Morgan fingerprint density at radius 2 is 1.85 bits per heavy atom. The van der Waals surface area contributed by atoms with Crippen LogP contribution in [0.2, 0.25) is 0 Å². The molecule has 5 heteroatoms. The van der Waals surface area contributed by atoms with Crippen LogP contribution >= 0.6 is 0 Å². The Morgan fingerprint density at radius 3 is 2.42 bits per heavy atom. The number of nitrogens with zero attached hydrogens (tertiary/aromatic N) is 1. The molecule has 0 saturated heterocycles. The van der Waals surface area contributed by atoms with Crippen LogP contribution in [0, 0.1) is 17.4 Å². The summed E-state index contributed by atoms with van der Waals surface area (Å²) in [6.07, 6.45) is 4.08. The first-order valence-corrected chi connectivity index (χ1v) is 9.23. The fourth-order valence-corrected chi connectivity index (χ4v) is 2.48. The first-order valence-electron chi connectivity index (χ1n) is 9.23. The van der Waals surface area contributed by atoms with Gasteiger partial charge in [-0.15, -0.1) is 0 Å². The summed E-state index contributed by atoms with van der Waals surface area (Å²) in [4.78, 5) is 4.31. The molecule has 2 rings (SSSR count). The average molecular weight is 360 g/mol. The molecule has 5 nitrogen and oxygen atoms in total. The number of aromatic nitrogens is 1. The molecule has 1 heterocycles. The molecule has 0 amide bonds. The summed E-state index contributed by atoms with van der Waals surface area (Å²) in [5.41, 5.74) is 0.762. The van der Waals surface area contributed by atoms with Gasteiger partial charge in [0.1, 0.15) is 24.3 Å². The molecule has 1 aromatic heterocycles. The zero-order valence-corrected chi connectivity index (χ0v) is 16.9. The van der Waals surface area contributed by atoms with Crippen LogP contribution in [-0.2, 0) is 9.47 Å². The zero-order chi connectivity index (χ0) is 19.2. The van der Waals surface area contributed by atoms with Gasteiger partial charge < -0.3 is 19.5 Å². The Balaban J connectivity index is 1.67. The molecule has 1 aliphatic carbocycles. The summed E-state index contributed by atoms with van der Waals surface area (Å²) < 4.78 is 17.3. The summed E-state index contributed by atoms with van der Waals surface area (Å²) >= 11 is 0. The van der Waals surface area contributed by atoms with E-state index in [0.717, 1.165) is 18.6 Å². The molecule has 1 N–H and O–H groups in total. The van der Waals surface area contributed by atoms with E-state index in [9.17, 15) is 0 Å². The quantitative estimate of drug-likeness (QED) is 0.363. The van der Waals surface area contributed by atoms with Gasteiger partial charge in [0.15, 0.2) is 0 Å². The number of pyridine rings is 1. The van der Waals surface area contributed by atoms with E-state index in [4.69, 9.17) is 14.2 Å². The van der Waals surface area contributed by atoms with Gasteiger partial charge in [0.05, 0.1) is 24.5 Å². The van der Waals surface area contributed by atoms with Crippen molar-refractivity contribution in [1.29, 1.82) is 0 Å². The van der Waals surface area contributed by atoms with Gasteiger partial charge in [-0.1, -0.05) is 20.8 Å². The molecule has 0 atom stereocenters. The van der Waals surface area contributed by atoms with Gasteiger partial charge in [-0.3, -0.25) is 0 Å². The Kier molecular flexibility index (Phi) is 6.91. The zero-order valence-electron chi connectivity index (χ0n) is 16.9. The van der Waals surface area contributed by atoms with Crippen molar-refractivity contribution in [1.82, 2.24) is 10.3 Å². The third-order valence-corrected chi connectivity index (χ3v) is 3.60. The molecular weight excluding hydrogens is 328 g/mol. The SMILES string of the molecule is CC(C)(C)COCNC#Cc1ccc(OC2CC(OC(C)(C)C)C2)cn1. The molecule has 0 bridgehead atoms. The second-order valence-corrected chi connectivity index (χ2v) is 8.92. The van der Waals surface area contributed by atoms with Crippen molar-refractivity contribution < 1.29 is 14.2 Å². The molecular formula is C21H32N2O3. The summed E-state index contributed by atoms with van der Waals surface area (Å²) in [5.74, 6) is 3.73. The van der Waals surface area contributed by atoms with Crippen LogP contribution in [0.15, 0.2) is 18.3 Å². The maximum absolute atomic E-state index is 5.92. The Labute approximate surface area is 157 Å². The highest BCUT2D eigenvalue weighted by Gasteiger charge is 2.34. The largest absolute Gasteiger partial charge is 0.489 e. The lowest BCUT2D eigenvalue weighted by atomic mass is 9.91. The van der Waals surface area contributed by atoms with Crippen LogP contribution in [0.1, 0.15) is 60.1 Å². The number of nitrogens with one attached hydrogen (secondary N) is 1. The monoisotopic (exact) mass is 360 g/mol. The highest BCUT2D eigenvalue weighted by atomic mass is 16.5. The third-order valence-electron chi connectivity index (χ3n) is 3.60. The molecule has 144 valence electrons. The second-order valence-electron chi connectivity index (χ2n) is 8.92. The molecule has 0 radical (unpaired) electrons. The van der Waals surface area contributed by atoms with E-state index < -0.39 is 0 Å². The van der Waals surface area contributed by atoms with Crippen molar-refractivity contribution in [3.63, 3.8) is 0 Å². The third kappa shape index (κ3) is 8.07. The van der Waals surface area contributed by atoms with Crippen LogP contribution < -0.4 is 10.1 Å². The predicted molar refractivity (Wildman–Crippen MR) is 103 cm³/mol. The summed E-state index contributed by atoms with van der Waals surface area (Å²) in [6, 6.07) is 6.62. The minimum absolute atomic E-state index is 0.0939. The Bertz CT molecular complexity index is 612. The van der Waals surface area contributed by atoms with Gasteiger partial charge in [-0.05, 0) is 44.2 Å². The van der Waals surface area contributed by atoms with Gasteiger partial charge in [0.25, 0.3) is 0 Å². The Hall–Kier alpha value is -1.77. The normalized spacial score (nSPS) is 19.9. The van der Waals surface area contributed by atoms with Crippen LogP contribution in [0.25, 0.3) is 0 Å². The molecule has 0 aromatic carbocycles. The predicted octanol–water partition coefficient (Wildman–Crippen LogP) is 3.73. The van der Waals surface area contributed by atoms with Crippen molar-refractivity contribution >= 4 is 0 Å². The van der Waals surface area contributed by atoms with E-state index in [-0.39, 0.29) is 17.1 Å². The molecule has 1 aliphatic rings. The van der Waals surface area contributed by atoms with E-state index >= 15 is 0 Å². The van der Waals surface area contributed by atoms with Crippen LogP contribution in [0.4, 0.5) is 0 Å². The minimum atomic E-state index is -0.0939.